The van der Waals surface area contributed by atoms with Crippen LogP contribution in [0.15, 0.2) is 12.1 Å². The van der Waals surface area contributed by atoms with E-state index in [2.05, 4.69) is 11.7 Å². The number of hydrogen-bond donors (Lipinski definition) is 0. The SMILES string of the molecule is CCCCC1COC(C2CCC(C(=O)OC3CCC(c4cc(F)c(OC(F)(F)F)c(F)c4)CC3)CC2)OC1. The quantitative estimate of drug-likeness (QED) is 0.250. The zero-order valence-electron chi connectivity index (χ0n) is 21.7. The fourth-order valence-electron chi connectivity index (χ4n) is 5.92. The van der Waals surface area contributed by atoms with Crippen LogP contribution in [-0.4, -0.2) is 37.9 Å². The van der Waals surface area contributed by atoms with Gasteiger partial charge in [-0.2, -0.15) is 0 Å². The van der Waals surface area contributed by atoms with Gasteiger partial charge < -0.3 is 18.9 Å². The van der Waals surface area contributed by atoms with Crippen molar-refractivity contribution in [1.29, 1.82) is 0 Å². The summed E-state index contributed by atoms with van der Waals surface area (Å²) in [6.07, 6.45) is 3.06. The van der Waals surface area contributed by atoms with Crippen LogP contribution in [0, 0.1) is 29.4 Å². The largest absolute Gasteiger partial charge is 0.573 e. The van der Waals surface area contributed by atoms with Gasteiger partial charge in [0.25, 0.3) is 0 Å². The Kier molecular flexibility index (Phi) is 9.89. The molecule has 1 aromatic carbocycles. The molecule has 1 aliphatic heterocycles. The van der Waals surface area contributed by atoms with E-state index in [9.17, 15) is 26.7 Å². The van der Waals surface area contributed by atoms with Crippen molar-refractivity contribution in [2.24, 2.45) is 17.8 Å². The highest BCUT2D eigenvalue weighted by Gasteiger charge is 2.37. The first-order valence-electron chi connectivity index (χ1n) is 13.8. The summed E-state index contributed by atoms with van der Waals surface area (Å²) in [5, 5.41) is 0. The van der Waals surface area contributed by atoms with Gasteiger partial charge >= 0.3 is 12.3 Å². The second-order valence-corrected chi connectivity index (χ2v) is 10.9. The third-order valence-electron chi connectivity index (χ3n) is 8.12. The van der Waals surface area contributed by atoms with Gasteiger partial charge in [-0.1, -0.05) is 19.8 Å². The predicted molar refractivity (Wildman–Crippen MR) is 128 cm³/mol. The van der Waals surface area contributed by atoms with Crippen molar-refractivity contribution in [2.45, 2.75) is 102 Å². The highest BCUT2D eigenvalue weighted by molar-refractivity contribution is 5.72. The molecule has 0 amide bonds. The van der Waals surface area contributed by atoms with Crippen LogP contribution in [0.5, 0.6) is 5.75 Å². The van der Waals surface area contributed by atoms with Crippen LogP contribution < -0.4 is 4.74 Å². The number of esters is 1. The Bertz CT molecular complexity index is 892. The molecule has 0 N–H and O–H groups in total. The van der Waals surface area contributed by atoms with E-state index in [-0.39, 0.29) is 41.7 Å². The summed E-state index contributed by atoms with van der Waals surface area (Å²) in [5.41, 5.74) is 0.279. The summed E-state index contributed by atoms with van der Waals surface area (Å²) in [5.74, 6) is -4.07. The molecule has 0 atom stereocenters. The van der Waals surface area contributed by atoms with E-state index in [1.165, 1.54) is 12.8 Å². The minimum absolute atomic E-state index is 0.158. The van der Waals surface area contributed by atoms with Crippen molar-refractivity contribution in [1.82, 2.24) is 0 Å². The van der Waals surface area contributed by atoms with Crippen molar-refractivity contribution < 1.29 is 45.7 Å². The summed E-state index contributed by atoms with van der Waals surface area (Å²) >= 11 is 0. The zero-order valence-corrected chi connectivity index (χ0v) is 21.7. The Morgan fingerprint density at radius 3 is 2.11 bits per heavy atom. The molecular weight excluding hydrogens is 511 g/mol. The first kappa shape index (κ1) is 29.1. The van der Waals surface area contributed by atoms with Gasteiger partial charge in [0.2, 0.25) is 5.75 Å². The molecule has 0 unspecified atom stereocenters. The molecule has 1 heterocycles. The van der Waals surface area contributed by atoms with Crippen LogP contribution in [0.25, 0.3) is 0 Å². The summed E-state index contributed by atoms with van der Waals surface area (Å²) in [6, 6.07) is 1.79. The third kappa shape index (κ3) is 7.81. The lowest BCUT2D eigenvalue weighted by atomic mass is 9.81. The van der Waals surface area contributed by atoms with E-state index >= 15 is 0 Å². The van der Waals surface area contributed by atoms with Crippen LogP contribution in [-0.2, 0) is 19.0 Å². The van der Waals surface area contributed by atoms with E-state index < -0.39 is 23.7 Å². The van der Waals surface area contributed by atoms with Gasteiger partial charge in [0.05, 0.1) is 19.1 Å². The zero-order chi connectivity index (χ0) is 27.3. The molecule has 1 aromatic rings. The van der Waals surface area contributed by atoms with Gasteiger partial charge in [-0.15, -0.1) is 13.2 Å². The van der Waals surface area contributed by atoms with Gasteiger partial charge in [-0.25, -0.2) is 8.78 Å². The molecule has 0 spiro atoms. The van der Waals surface area contributed by atoms with Gasteiger partial charge in [0, 0.05) is 11.8 Å². The number of alkyl halides is 3. The lowest BCUT2D eigenvalue weighted by Crippen LogP contribution is -2.39. The standard InChI is InChI=1S/C28H37F5O5/c1-2-3-4-17-15-35-27(36-16-17)20-7-5-19(6-8-20)26(34)37-22-11-9-18(10-12-22)21-13-23(29)25(24(30)14-21)38-28(31,32)33/h13-14,17-20,22,27H,2-12,15-16H2,1H3. The van der Waals surface area contributed by atoms with Crippen LogP contribution in [0.4, 0.5) is 22.0 Å². The molecule has 1 saturated heterocycles. The number of rotatable bonds is 8. The number of carbonyl (C=O) groups is 1. The third-order valence-corrected chi connectivity index (χ3v) is 8.12. The summed E-state index contributed by atoms with van der Waals surface area (Å²) < 4.78 is 86.6. The first-order chi connectivity index (χ1) is 18.1. The highest BCUT2D eigenvalue weighted by atomic mass is 19.4. The van der Waals surface area contributed by atoms with Crippen LogP contribution in [0.3, 0.4) is 0 Å². The predicted octanol–water partition coefficient (Wildman–Crippen LogP) is 7.42. The molecule has 4 rings (SSSR count). The van der Waals surface area contributed by atoms with Crippen LogP contribution >= 0.6 is 0 Å². The molecule has 10 heteroatoms. The summed E-state index contributed by atoms with van der Waals surface area (Å²) in [6.45, 7) is 3.65. The number of benzene rings is 1. The average molecular weight is 549 g/mol. The molecule has 0 aromatic heterocycles. The molecule has 2 aliphatic carbocycles. The van der Waals surface area contributed by atoms with E-state index in [1.54, 1.807) is 0 Å². The van der Waals surface area contributed by atoms with E-state index in [0.717, 1.165) is 57.5 Å². The topological polar surface area (TPSA) is 54.0 Å². The lowest BCUT2D eigenvalue weighted by molar-refractivity contribution is -0.276. The average Bonchev–Trinajstić information content (AvgIpc) is 2.90. The Hall–Kier alpha value is -1.94. The normalized spacial score (nSPS) is 30.6. The van der Waals surface area contributed by atoms with Crippen molar-refractivity contribution in [2.75, 3.05) is 13.2 Å². The molecule has 2 saturated carbocycles. The number of halogens is 5. The molecular formula is C28H37F5O5. The fraction of sp³-hybridized carbons (Fsp3) is 0.750. The molecule has 38 heavy (non-hydrogen) atoms. The second-order valence-electron chi connectivity index (χ2n) is 10.9. The summed E-state index contributed by atoms with van der Waals surface area (Å²) in [4.78, 5) is 12.8. The van der Waals surface area contributed by atoms with Gasteiger partial charge in [-0.05, 0) is 81.4 Å². The van der Waals surface area contributed by atoms with Crippen LogP contribution in [0.1, 0.15) is 89.0 Å². The minimum Gasteiger partial charge on any atom is -0.462 e. The maximum Gasteiger partial charge on any atom is 0.573 e. The van der Waals surface area contributed by atoms with Gasteiger partial charge in [0.15, 0.2) is 17.9 Å². The Balaban J connectivity index is 1.19. The van der Waals surface area contributed by atoms with Gasteiger partial charge in [-0.3, -0.25) is 4.79 Å². The van der Waals surface area contributed by atoms with Crippen molar-refractivity contribution in [3.8, 4) is 5.75 Å². The number of carbonyl (C=O) groups excluding carboxylic acids is 1. The van der Waals surface area contributed by atoms with Crippen LogP contribution in [0.2, 0.25) is 0 Å². The molecule has 0 bridgehead atoms. The maximum absolute atomic E-state index is 14.1. The van der Waals surface area contributed by atoms with Crippen molar-refractivity contribution in [3.05, 3.63) is 29.3 Å². The second kappa shape index (κ2) is 12.9. The van der Waals surface area contributed by atoms with E-state index in [4.69, 9.17) is 14.2 Å². The maximum atomic E-state index is 14.1. The van der Waals surface area contributed by atoms with Crippen molar-refractivity contribution >= 4 is 5.97 Å². The minimum atomic E-state index is -5.18. The highest BCUT2D eigenvalue weighted by Crippen LogP contribution is 2.39. The van der Waals surface area contributed by atoms with E-state index in [0.29, 0.717) is 31.6 Å². The number of hydrogen-bond acceptors (Lipinski definition) is 5. The van der Waals surface area contributed by atoms with Crippen molar-refractivity contribution in [3.63, 3.8) is 0 Å². The first-order valence-corrected chi connectivity index (χ1v) is 13.8. The lowest BCUT2D eigenvalue weighted by Gasteiger charge is -2.37. The summed E-state index contributed by atoms with van der Waals surface area (Å²) in [7, 11) is 0. The number of ether oxygens (including phenoxy) is 4. The molecule has 0 radical (unpaired) electrons. The Labute approximate surface area is 220 Å². The van der Waals surface area contributed by atoms with E-state index in [1.807, 2.05) is 0 Å². The Morgan fingerprint density at radius 2 is 1.55 bits per heavy atom. The molecule has 214 valence electrons. The van der Waals surface area contributed by atoms with Gasteiger partial charge in [0.1, 0.15) is 6.10 Å². The molecule has 5 nitrogen and oxygen atoms in total. The smallest absolute Gasteiger partial charge is 0.462 e. The fourth-order valence-corrected chi connectivity index (χ4v) is 5.92. The monoisotopic (exact) mass is 548 g/mol. The molecule has 3 aliphatic rings. The number of unbranched alkanes of at least 4 members (excludes halogenated alkanes) is 1. The molecule has 3 fully saturated rings. The Morgan fingerprint density at radius 1 is 0.947 bits per heavy atom.